The fourth-order valence-corrected chi connectivity index (χ4v) is 4.75. The Kier molecular flexibility index (Phi) is 7.58. The van der Waals surface area contributed by atoms with Crippen molar-refractivity contribution in [3.05, 3.63) is 36.3 Å². The summed E-state index contributed by atoms with van der Waals surface area (Å²) in [5.41, 5.74) is 0.276. The van der Waals surface area contributed by atoms with Gasteiger partial charge in [0.05, 0.1) is 23.7 Å². The van der Waals surface area contributed by atoms with Gasteiger partial charge in [-0.15, -0.1) is 0 Å². The van der Waals surface area contributed by atoms with Gasteiger partial charge in [-0.05, 0) is 32.3 Å². The van der Waals surface area contributed by atoms with Crippen LogP contribution < -0.4 is 15.5 Å². The zero-order chi connectivity index (χ0) is 27.7. The molecule has 1 amide bonds. The van der Waals surface area contributed by atoms with E-state index < -0.39 is 30.4 Å². The Morgan fingerprint density at radius 1 is 1.21 bits per heavy atom. The maximum atomic E-state index is 14.0. The number of pyridine rings is 1. The lowest BCUT2D eigenvalue weighted by atomic mass is 10.1. The summed E-state index contributed by atoms with van der Waals surface area (Å²) in [5, 5.41) is 15.8. The van der Waals surface area contributed by atoms with Crippen LogP contribution in [0.1, 0.15) is 42.6 Å². The smallest absolute Gasteiger partial charge is 0.390 e. The van der Waals surface area contributed by atoms with Gasteiger partial charge in [-0.3, -0.25) is 4.79 Å². The molecule has 0 saturated carbocycles. The summed E-state index contributed by atoms with van der Waals surface area (Å²) in [4.78, 5) is 27.5. The van der Waals surface area contributed by atoms with Gasteiger partial charge in [0.15, 0.2) is 0 Å². The SMILES string of the molecule is CC(n1cc(C(=O)NC2CCOCC2)c2cnc(Nc3ccnc(N4CCC(O)C(F)C4)n3)cc21)C(F)(F)F. The van der Waals surface area contributed by atoms with Crippen LogP contribution in [-0.4, -0.2) is 81.3 Å². The van der Waals surface area contributed by atoms with Crippen LogP contribution in [0.4, 0.5) is 35.1 Å². The molecule has 2 fully saturated rings. The van der Waals surface area contributed by atoms with Gasteiger partial charge in [-0.1, -0.05) is 0 Å². The first-order valence-electron chi connectivity index (χ1n) is 12.7. The first-order chi connectivity index (χ1) is 18.6. The number of aliphatic hydroxyl groups excluding tert-OH is 1. The van der Waals surface area contributed by atoms with Gasteiger partial charge in [0.25, 0.3) is 5.91 Å². The van der Waals surface area contributed by atoms with Crippen LogP contribution >= 0.6 is 0 Å². The summed E-state index contributed by atoms with van der Waals surface area (Å²) < 4.78 is 61.5. The number of alkyl halides is 4. The number of carbonyl (C=O) groups excluding carboxylic acids is 1. The maximum absolute atomic E-state index is 14.0. The van der Waals surface area contributed by atoms with Gasteiger partial charge in [0.1, 0.15) is 23.8 Å². The van der Waals surface area contributed by atoms with E-state index in [1.54, 1.807) is 11.0 Å². The summed E-state index contributed by atoms with van der Waals surface area (Å²) in [6.45, 7) is 2.35. The van der Waals surface area contributed by atoms with Crippen molar-refractivity contribution < 1.29 is 32.2 Å². The molecule has 0 bridgehead atoms. The van der Waals surface area contributed by atoms with Crippen LogP contribution in [0, 0.1) is 0 Å². The predicted molar refractivity (Wildman–Crippen MR) is 135 cm³/mol. The predicted octanol–water partition coefficient (Wildman–Crippen LogP) is 3.51. The number of piperidine rings is 1. The molecule has 0 aliphatic carbocycles. The Bertz CT molecular complexity index is 1330. The van der Waals surface area contributed by atoms with E-state index in [-0.39, 0.29) is 47.2 Å². The van der Waals surface area contributed by atoms with E-state index >= 15 is 0 Å². The molecule has 3 unspecified atom stereocenters. The highest BCUT2D eigenvalue weighted by molar-refractivity contribution is 6.07. The number of aromatic nitrogens is 4. The van der Waals surface area contributed by atoms with Gasteiger partial charge < -0.3 is 29.9 Å². The van der Waals surface area contributed by atoms with Gasteiger partial charge in [-0.25, -0.2) is 14.4 Å². The van der Waals surface area contributed by atoms with Crippen molar-refractivity contribution in [2.24, 2.45) is 0 Å². The minimum absolute atomic E-state index is 0.0591. The van der Waals surface area contributed by atoms with Gasteiger partial charge in [0, 0.05) is 55.8 Å². The molecule has 5 heterocycles. The van der Waals surface area contributed by atoms with Crippen LogP contribution in [-0.2, 0) is 4.74 Å². The summed E-state index contributed by atoms with van der Waals surface area (Å²) >= 11 is 0. The molecule has 3 aromatic rings. The fraction of sp³-hybridized carbons (Fsp3) is 0.520. The molecule has 2 aliphatic heterocycles. The van der Waals surface area contributed by atoms with E-state index in [9.17, 15) is 27.5 Å². The molecule has 39 heavy (non-hydrogen) atoms. The van der Waals surface area contributed by atoms with Crippen molar-refractivity contribution in [3.8, 4) is 0 Å². The fourth-order valence-electron chi connectivity index (χ4n) is 4.75. The van der Waals surface area contributed by atoms with Gasteiger partial charge >= 0.3 is 6.18 Å². The first kappa shape index (κ1) is 27.1. The molecule has 10 nitrogen and oxygen atoms in total. The number of hydrogen-bond acceptors (Lipinski definition) is 8. The number of rotatable bonds is 6. The molecule has 14 heteroatoms. The van der Waals surface area contributed by atoms with E-state index in [0.29, 0.717) is 38.4 Å². The number of amides is 1. The van der Waals surface area contributed by atoms with Crippen LogP contribution in [0.15, 0.2) is 30.7 Å². The minimum Gasteiger partial charge on any atom is -0.390 e. The number of nitrogens with one attached hydrogen (secondary N) is 2. The molecule has 0 aromatic carbocycles. The van der Waals surface area contributed by atoms with Crippen molar-refractivity contribution in [1.29, 1.82) is 0 Å². The molecule has 3 aromatic heterocycles. The average molecular weight is 552 g/mol. The Morgan fingerprint density at radius 3 is 2.69 bits per heavy atom. The lowest BCUT2D eigenvalue weighted by molar-refractivity contribution is -0.162. The number of ether oxygens (including phenoxy) is 1. The number of halogens is 4. The maximum Gasteiger partial charge on any atom is 0.408 e. The molecule has 3 atom stereocenters. The minimum atomic E-state index is -4.55. The van der Waals surface area contributed by atoms with Crippen molar-refractivity contribution in [1.82, 2.24) is 24.8 Å². The number of nitrogens with zero attached hydrogens (tertiary/aromatic N) is 5. The monoisotopic (exact) mass is 551 g/mol. The van der Waals surface area contributed by atoms with Gasteiger partial charge in [0.2, 0.25) is 5.95 Å². The van der Waals surface area contributed by atoms with E-state index in [2.05, 4.69) is 25.6 Å². The van der Waals surface area contributed by atoms with Crippen molar-refractivity contribution in [3.63, 3.8) is 0 Å². The van der Waals surface area contributed by atoms with Crippen LogP contribution in [0.2, 0.25) is 0 Å². The number of aliphatic hydroxyl groups is 1. The molecular weight excluding hydrogens is 522 g/mol. The molecule has 0 spiro atoms. The van der Waals surface area contributed by atoms with E-state index in [4.69, 9.17) is 4.74 Å². The van der Waals surface area contributed by atoms with Gasteiger partial charge in [-0.2, -0.15) is 18.2 Å². The second-order valence-electron chi connectivity index (χ2n) is 9.80. The summed E-state index contributed by atoms with van der Waals surface area (Å²) in [5.74, 6) is 0.278. The Hall–Kier alpha value is -3.52. The summed E-state index contributed by atoms with van der Waals surface area (Å²) in [6.07, 6.45) is -1.48. The molecule has 2 aliphatic rings. The quantitative estimate of drug-likeness (QED) is 0.399. The number of carbonyl (C=O) groups is 1. The third-order valence-corrected chi connectivity index (χ3v) is 7.10. The van der Waals surface area contributed by atoms with Crippen LogP contribution in [0.3, 0.4) is 0 Å². The standard InChI is InChI=1S/C25H29F4N7O3/c1-14(25(27,28)29)36-12-17(23(38)32-15-4-8-39-9-5-15)16-11-31-22(10-19(16)36)33-21-2-6-30-24(34-21)35-7-3-20(37)18(26)13-35/h2,6,10-12,14-15,18,20,37H,3-5,7-9,13H2,1H3,(H,32,38)(H,30,31,33,34). The highest BCUT2D eigenvalue weighted by Gasteiger charge is 2.38. The molecule has 0 radical (unpaired) electrons. The highest BCUT2D eigenvalue weighted by Crippen LogP contribution is 2.35. The Labute approximate surface area is 221 Å². The lowest BCUT2D eigenvalue weighted by Gasteiger charge is -2.32. The summed E-state index contributed by atoms with van der Waals surface area (Å²) in [6, 6.07) is 0.958. The molecular formula is C25H29F4N7O3. The molecule has 210 valence electrons. The van der Waals surface area contributed by atoms with Crippen molar-refractivity contribution in [2.75, 3.05) is 36.5 Å². The van der Waals surface area contributed by atoms with E-state index in [1.165, 1.54) is 24.7 Å². The van der Waals surface area contributed by atoms with E-state index in [0.717, 1.165) is 11.5 Å². The number of fused-ring (bicyclic) bond motifs is 1. The van der Waals surface area contributed by atoms with E-state index in [1.807, 2.05) is 0 Å². The van der Waals surface area contributed by atoms with Crippen LogP contribution in [0.5, 0.6) is 0 Å². The third-order valence-electron chi connectivity index (χ3n) is 7.10. The zero-order valence-electron chi connectivity index (χ0n) is 21.2. The number of anilines is 3. The third kappa shape index (κ3) is 5.91. The topological polar surface area (TPSA) is 117 Å². The second kappa shape index (κ2) is 10.9. The Morgan fingerprint density at radius 2 is 1.97 bits per heavy atom. The highest BCUT2D eigenvalue weighted by atomic mass is 19.4. The Balaban J connectivity index is 1.43. The average Bonchev–Trinajstić information content (AvgIpc) is 3.29. The van der Waals surface area contributed by atoms with Crippen LogP contribution in [0.25, 0.3) is 10.9 Å². The molecule has 2 saturated heterocycles. The first-order valence-corrected chi connectivity index (χ1v) is 12.7. The normalized spacial score (nSPS) is 21.6. The van der Waals surface area contributed by atoms with Crippen molar-refractivity contribution in [2.45, 2.75) is 56.7 Å². The number of hydrogen-bond donors (Lipinski definition) is 3. The largest absolute Gasteiger partial charge is 0.408 e. The summed E-state index contributed by atoms with van der Waals surface area (Å²) in [7, 11) is 0. The zero-order valence-corrected chi connectivity index (χ0v) is 21.2. The molecule has 3 N–H and O–H groups in total. The molecule has 5 rings (SSSR count). The lowest BCUT2D eigenvalue weighted by Crippen LogP contribution is -2.45. The second-order valence-corrected chi connectivity index (χ2v) is 9.80. The van der Waals surface area contributed by atoms with Crippen molar-refractivity contribution >= 4 is 34.4 Å².